The van der Waals surface area contributed by atoms with Gasteiger partial charge in [-0.05, 0) is 79.4 Å². The van der Waals surface area contributed by atoms with Gasteiger partial charge in [-0.25, -0.2) is 4.98 Å². The van der Waals surface area contributed by atoms with Gasteiger partial charge in [0, 0.05) is 12.4 Å². The number of unbranched alkanes of at least 4 members (excludes halogenated alkanes) is 10. The lowest BCUT2D eigenvalue weighted by Gasteiger charge is -2.09. The molecule has 34 heavy (non-hydrogen) atoms. The summed E-state index contributed by atoms with van der Waals surface area (Å²) in [6, 6.07) is 16.3. The second kappa shape index (κ2) is 15.4. The predicted molar refractivity (Wildman–Crippen MR) is 148 cm³/mol. The van der Waals surface area contributed by atoms with Crippen LogP contribution in [-0.4, -0.2) is 19.8 Å². The highest BCUT2D eigenvalue weighted by molar-refractivity contribution is 7.80. The van der Waals surface area contributed by atoms with Crippen LogP contribution < -0.4 is 0 Å². The first-order chi connectivity index (χ1) is 16.7. The van der Waals surface area contributed by atoms with Crippen LogP contribution in [0.5, 0.6) is 0 Å². The van der Waals surface area contributed by atoms with E-state index >= 15 is 0 Å². The van der Waals surface area contributed by atoms with Crippen molar-refractivity contribution in [2.75, 3.05) is 0 Å². The minimum atomic E-state index is 0.912. The molecule has 0 amide bonds. The Morgan fingerprint density at radius 1 is 0.618 bits per heavy atom. The standard InChI is InChI=1S/C30H39N3S/c1-25(34)17-11-9-7-5-3-2-4-6-8-10-12-18-26-23-29(27-19-13-15-21-31-27)33-30(24-26)28-20-14-16-22-32-28/h13-16,19-24H,2-12,17-18H2,1H3. The second-order valence-electron chi connectivity index (χ2n) is 9.27. The lowest BCUT2D eigenvalue weighted by Crippen LogP contribution is -1.96. The molecule has 0 unspecified atom stereocenters. The molecule has 0 N–H and O–H groups in total. The molecule has 0 aromatic carbocycles. The molecule has 0 fully saturated rings. The van der Waals surface area contributed by atoms with Crippen molar-refractivity contribution < 1.29 is 0 Å². The van der Waals surface area contributed by atoms with Crippen LogP contribution in [0.25, 0.3) is 22.8 Å². The molecule has 0 radical (unpaired) electrons. The van der Waals surface area contributed by atoms with E-state index in [1.54, 1.807) is 0 Å². The van der Waals surface area contributed by atoms with E-state index in [0.717, 1.165) is 40.5 Å². The summed E-state index contributed by atoms with van der Waals surface area (Å²) in [4.78, 5) is 15.0. The molecule has 0 bridgehead atoms. The van der Waals surface area contributed by atoms with Crippen molar-refractivity contribution in [1.29, 1.82) is 0 Å². The molecule has 3 aromatic rings. The Bertz CT molecular complexity index is 915. The van der Waals surface area contributed by atoms with E-state index in [1.807, 2.05) is 48.8 Å². The Hall–Kier alpha value is -2.46. The van der Waals surface area contributed by atoms with Gasteiger partial charge in [-0.2, -0.15) is 0 Å². The molecular weight excluding hydrogens is 434 g/mol. The smallest absolute Gasteiger partial charge is 0.0897 e. The van der Waals surface area contributed by atoms with Crippen molar-refractivity contribution in [3.05, 3.63) is 66.5 Å². The van der Waals surface area contributed by atoms with Crippen LogP contribution in [0, 0.1) is 0 Å². The van der Waals surface area contributed by atoms with Crippen molar-refractivity contribution >= 4 is 17.1 Å². The first kappa shape index (κ1) is 26.2. The number of nitrogens with zero attached hydrogens (tertiary/aromatic N) is 3. The molecule has 3 aromatic heterocycles. The van der Waals surface area contributed by atoms with E-state index in [2.05, 4.69) is 29.0 Å². The van der Waals surface area contributed by atoms with Crippen molar-refractivity contribution in [3.63, 3.8) is 0 Å². The maximum atomic E-state index is 5.15. The van der Waals surface area contributed by atoms with Crippen molar-refractivity contribution in [2.45, 2.75) is 90.4 Å². The van der Waals surface area contributed by atoms with Gasteiger partial charge in [-0.1, -0.05) is 82.1 Å². The van der Waals surface area contributed by atoms with E-state index < -0.39 is 0 Å². The van der Waals surface area contributed by atoms with Crippen molar-refractivity contribution in [2.24, 2.45) is 0 Å². The maximum Gasteiger partial charge on any atom is 0.0897 e. The summed E-state index contributed by atoms with van der Waals surface area (Å²) in [5, 5.41) is 0. The molecule has 0 aliphatic rings. The fourth-order valence-corrected chi connectivity index (χ4v) is 4.46. The molecule has 0 saturated carbocycles. The van der Waals surface area contributed by atoms with Gasteiger partial charge in [0.25, 0.3) is 0 Å². The maximum absolute atomic E-state index is 5.15. The van der Waals surface area contributed by atoms with Crippen molar-refractivity contribution in [1.82, 2.24) is 15.0 Å². The fraction of sp³-hybridized carbons (Fsp3) is 0.467. The fourth-order valence-electron chi connectivity index (χ4n) is 4.32. The largest absolute Gasteiger partial charge is 0.255 e. The van der Waals surface area contributed by atoms with E-state index in [4.69, 9.17) is 17.2 Å². The first-order valence-electron chi connectivity index (χ1n) is 13.1. The van der Waals surface area contributed by atoms with Gasteiger partial charge >= 0.3 is 0 Å². The highest BCUT2D eigenvalue weighted by Gasteiger charge is 2.09. The highest BCUT2D eigenvalue weighted by atomic mass is 32.1. The summed E-state index contributed by atoms with van der Waals surface area (Å²) in [6.07, 6.45) is 20.6. The monoisotopic (exact) mass is 473 g/mol. The molecule has 3 heterocycles. The summed E-state index contributed by atoms with van der Waals surface area (Å²) < 4.78 is 0. The van der Waals surface area contributed by atoms with Crippen LogP contribution in [0.3, 0.4) is 0 Å². The molecule has 3 rings (SSSR count). The van der Waals surface area contributed by atoms with Gasteiger partial charge in [-0.3, -0.25) is 9.97 Å². The summed E-state index contributed by atoms with van der Waals surface area (Å²) in [5.74, 6) is 0. The summed E-state index contributed by atoms with van der Waals surface area (Å²) >= 11 is 5.15. The third-order valence-corrected chi connectivity index (χ3v) is 6.44. The zero-order chi connectivity index (χ0) is 23.8. The van der Waals surface area contributed by atoms with Gasteiger partial charge in [0.2, 0.25) is 0 Å². The average molecular weight is 474 g/mol. The van der Waals surface area contributed by atoms with E-state index in [-0.39, 0.29) is 0 Å². The van der Waals surface area contributed by atoms with Crippen molar-refractivity contribution in [3.8, 4) is 22.8 Å². The number of rotatable bonds is 16. The van der Waals surface area contributed by atoms with Gasteiger partial charge in [-0.15, -0.1) is 0 Å². The summed E-state index contributed by atoms with van der Waals surface area (Å²) in [6.45, 7) is 2.06. The highest BCUT2D eigenvalue weighted by Crippen LogP contribution is 2.24. The summed E-state index contributed by atoms with van der Waals surface area (Å²) in [5.41, 5.74) is 5.00. The third kappa shape index (κ3) is 9.80. The van der Waals surface area contributed by atoms with E-state index in [1.165, 1.54) is 76.2 Å². The predicted octanol–water partition coefficient (Wildman–Crippen LogP) is 8.82. The van der Waals surface area contributed by atoms with Crippen LogP contribution in [0.4, 0.5) is 0 Å². The molecule has 0 aliphatic carbocycles. The number of hydrogen-bond acceptors (Lipinski definition) is 4. The molecule has 4 heteroatoms. The van der Waals surface area contributed by atoms with Gasteiger partial charge in [0.15, 0.2) is 0 Å². The Balaban J connectivity index is 1.39. The number of hydrogen-bond donors (Lipinski definition) is 0. The summed E-state index contributed by atoms with van der Waals surface area (Å²) in [7, 11) is 0. The van der Waals surface area contributed by atoms with Crippen LogP contribution >= 0.6 is 12.2 Å². The quantitative estimate of drug-likeness (QED) is 0.154. The Morgan fingerprint density at radius 2 is 1.09 bits per heavy atom. The van der Waals surface area contributed by atoms with E-state index in [9.17, 15) is 0 Å². The number of thiocarbonyl (C=S) groups is 1. The molecule has 0 atom stereocenters. The van der Waals surface area contributed by atoms with Gasteiger partial charge < -0.3 is 0 Å². The zero-order valence-corrected chi connectivity index (χ0v) is 21.5. The molecule has 180 valence electrons. The lowest BCUT2D eigenvalue weighted by atomic mass is 10.0. The minimum absolute atomic E-state index is 0.912. The molecule has 3 nitrogen and oxygen atoms in total. The Morgan fingerprint density at radius 3 is 1.53 bits per heavy atom. The first-order valence-corrected chi connectivity index (χ1v) is 13.5. The average Bonchev–Trinajstić information content (AvgIpc) is 2.87. The second-order valence-corrected chi connectivity index (χ2v) is 9.96. The van der Waals surface area contributed by atoms with Gasteiger partial charge in [0.1, 0.15) is 0 Å². The molecular formula is C30H39N3S. The molecule has 0 saturated heterocycles. The SMILES string of the molecule is CC(=S)CCCCCCCCCCCCCc1cc(-c2ccccn2)nc(-c2ccccn2)c1. The Kier molecular flexibility index (Phi) is 11.9. The van der Waals surface area contributed by atoms with Crippen LogP contribution in [0.1, 0.15) is 89.5 Å². The number of aromatic nitrogens is 3. The topological polar surface area (TPSA) is 38.7 Å². The normalized spacial score (nSPS) is 11.0. The van der Waals surface area contributed by atoms with Gasteiger partial charge in [0.05, 0.1) is 22.8 Å². The lowest BCUT2D eigenvalue weighted by molar-refractivity contribution is 0.547. The van der Waals surface area contributed by atoms with Crippen LogP contribution in [0.2, 0.25) is 0 Å². The molecule has 0 spiro atoms. The van der Waals surface area contributed by atoms with Crippen LogP contribution in [0.15, 0.2) is 60.9 Å². The molecule has 0 aliphatic heterocycles. The third-order valence-electron chi connectivity index (χ3n) is 6.23. The minimum Gasteiger partial charge on any atom is -0.255 e. The number of pyridine rings is 3. The number of aryl methyl sites for hydroxylation is 1. The Labute approximate surface area is 211 Å². The van der Waals surface area contributed by atoms with Crippen LogP contribution in [-0.2, 0) is 6.42 Å². The zero-order valence-electron chi connectivity index (χ0n) is 20.7. The van der Waals surface area contributed by atoms with E-state index in [0.29, 0.717) is 0 Å².